The van der Waals surface area contributed by atoms with Crippen LogP contribution in [0.5, 0.6) is 0 Å². The van der Waals surface area contributed by atoms with Crippen molar-refractivity contribution in [3.05, 3.63) is 0 Å². The second-order valence-electron chi connectivity index (χ2n) is 5.79. The molecule has 0 aromatic carbocycles. The van der Waals surface area contributed by atoms with Crippen molar-refractivity contribution in [2.24, 2.45) is 0 Å². The minimum absolute atomic E-state index is 0.420. The largest absolute Gasteiger partial charge is 0.543 e. The standard InChI is InChI=1S/2C8H20P.C2H2O4/c2*1-5-9(6-2,7-3)8-4;3-1(4)2(5)6/h2*5-8H2,1-4H3;(H,3,4)(H,5,6)/q2*+1;/p-2. The Morgan fingerprint density at radius 1 is 0.500 bits per heavy atom. The monoisotopic (exact) mass is 382 g/mol. The van der Waals surface area contributed by atoms with E-state index in [1.165, 1.54) is 49.3 Å². The Balaban J connectivity index is -0.000000282. The molecule has 0 aliphatic rings. The van der Waals surface area contributed by atoms with Crippen LogP contribution < -0.4 is 10.2 Å². The van der Waals surface area contributed by atoms with Gasteiger partial charge in [0.05, 0.1) is 61.2 Å². The molecular weight excluding hydrogens is 342 g/mol. The molecule has 0 atom stereocenters. The van der Waals surface area contributed by atoms with Gasteiger partial charge >= 0.3 is 0 Å². The van der Waals surface area contributed by atoms with Crippen molar-refractivity contribution in [2.75, 3.05) is 49.3 Å². The molecule has 0 amide bonds. The summed E-state index contributed by atoms with van der Waals surface area (Å²) in [4.78, 5) is 17.9. The average molecular weight is 382 g/mol. The third kappa shape index (κ3) is 12.2. The number of rotatable bonds is 8. The van der Waals surface area contributed by atoms with E-state index in [2.05, 4.69) is 55.4 Å². The van der Waals surface area contributed by atoms with Gasteiger partial charge in [-0.2, -0.15) is 0 Å². The highest BCUT2D eigenvalue weighted by Crippen LogP contribution is 2.57. The molecule has 0 saturated heterocycles. The summed E-state index contributed by atoms with van der Waals surface area (Å²) in [5.41, 5.74) is 0. The molecule has 0 spiro atoms. The van der Waals surface area contributed by atoms with Gasteiger partial charge in [0.25, 0.3) is 0 Å². The smallest absolute Gasteiger partial charge is 0.0870 e. The predicted molar refractivity (Wildman–Crippen MR) is 108 cm³/mol. The van der Waals surface area contributed by atoms with Gasteiger partial charge in [0, 0.05) is 14.5 Å². The third-order valence-corrected chi connectivity index (χ3v) is 16.3. The van der Waals surface area contributed by atoms with Crippen LogP contribution in [0.3, 0.4) is 0 Å². The lowest BCUT2D eigenvalue weighted by Crippen LogP contribution is -2.42. The Bertz CT molecular complexity index is 258. The highest BCUT2D eigenvalue weighted by atomic mass is 31.2. The lowest BCUT2D eigenvalue weighted by atomic mass is 10.7. The van der Waals surface area contributed by atoms with Gasteiger partial charge in [0.1, 0.15) is 0 Å². The van der Waals surface area contributed by atoms with Crippen LogP contribution in [0.2, 0.25) is 0 Å². The first-order valence-electron chi connectivity index (χ1n) is 9.25. The molecule has 0 fully saturated rings. The van der Waals surface area contributed by atoms with Crippen LogP contribution in [0.4, 0.5) is 0 Å². The SMILES string of the molecule is CC[P+](CC)(CC)CC.CC[P+](CC)(CC)CC.O=C([O-])C(=O)[O-]. The van der Waals surface area contributed by atoms with Gasteiger partial charge in [-0.1, -0.05) is 0 Å². The summed E-state index contributed by atoms with van der Waals surface area (Å²) < 4.78 is 0. The molecule has 0 aromatic rings. The van der Waals surface area contributed by atoms with E-state index in [1.807, 2.05) is 0 Å². The van der Waals surface area contributed by atoms with Crippen LogP contribution in [0.15, 0.2) is 0 Å². The van der Waals surface area contributed by atoms with E-state index in [4.69, 9.17) is 19.8 Å². The lowest BCUT2D eigenvalue weighted by Gasteiger charge is -2.20. The first-order chi connectivity index (χ1) is 11.1. The number of aliphatic carboxylic acids is 2. The minimum atomic E-state index is -2.19. The van der Waals surface area contributed by atoms with E-state index >= 15 is 0 Å². The summed E-state index contributed by atoms with van der Waals surface area (Å²) in [6.45, 7) is 18.8. The fourth-order valence-corrected chi connectivity index (χ4v) is 8.05. The zero-order valence-corrected chi connectivity index (χ0v) is 19.0. The molecule has 0 bridgehead atoms. The number of hydrogen-bond donors (Lipinski definition) is 0. The molecule has 0 aromatic heterocycles. The average Bonchev–Trinajstić information content (AvgIpc) is 2.61. The molecule has 0 heterocycles. The summed E-state index contributed by atoms with van der Waals surface area (Å²) in [6, 6.07) is 0. The second-order valence-corrected chi connectivity index (χ2v) is 16.2. The summed E-state index contributed by atoms with van der Waals surface area (Å²) in [5, 5.41) is 17.9. The Morgan fingerprint density at radius 2 is 0.625 bits per heavy atom. The van der Waals surface area contributed by atoms with E-state index in [-0.39, 0.29) is 0 Å². The van der Waals surface area contributed by atoms with E-state index < -0.39 is 26.5 Å². The van der Waals surface area contributed by atoms with Gasteiger partial charge in [0.15, 0.2) is 0 Å². The first kappa shape index (κ1) is 28.6. The van der Waals surface area contributed by atoms with Gasteiger partial charge in [-0.05, 0) is 55.4 Å². The predicted octanol–water partition coefficient (Wildman–Crippen LogP) is 2.65. The fraction of sp³-hybridized carbons (Fsp3) is 0.889. The molecule has 24 heavy (non-hydrogen) atoms. The highest BCUT2D eigenvalue weighted by molar-refractivity contribution is 7.76. The lowest BCUT2D eigenvalue weighted by molar-refractivity contribution is -0.345. The van der Waals surface area contributed by atoms with Crippen LogP contribution in [0.25, 0.3) is 0 Å². The summed E-state index contributed by atoms with van der Waals surface area (Å²) in [5.74, 6) is -4.37. The molecule has 0 aliphatic carbocycles. The van der Waals surface area contributed by atoms with Gasteiger partial charge < -0.3 is 19.8 Å². The molecule has 0 rings (SSSR count). The normalized spacial score (nSPS) is 10.8. The summed E-state index contributed by atoms with van der Waals surface area (Å²) in [6.07, 6.45) is 11.6. The van der Waals surface area contributed by atoms with Gasteiger partial charge in [-0.25, -0.2) is 0 Å². The minimum Gasteiger partial charge on any atom is -0.543 e. The number of carbonyl (C=O) groups is 2. The quantitative estimate of drug-likeness (QED) is 0.477. The molecule has 0 saturated carbocycles. The van der Waals surface area contributed by atoms with Crippen molar-refractivity contribution >= 4 is 26.5 Å². The van der Waals surface area contributed by atoms with Crippen LogP contribution >= 0.6 is 14.5 Å². The topological polar surface area (TPSA) is 80.3 Å². The van der Waals surface area contributed by atoms with E-state index in [9.17, 15) is 0 Å². The van der Waals surface area contributed by atoms with Gasteiger partial charge in [-0.3, -0.25) is 0 Å². The molecule has 0 N–H and O–H groups in total. The van der Waals surface area contributed by atoms with E-state index in [1.54, 1.807) is 0 Å². The zero-order chi connectivity index (χ0) is 19.8. The highest BCUT2D eigenvalue weighted by Gasteiger charge is 2.28. The van der Waals surface area contributed by atoms with Crippen LogP contribution in [-0.4, -0.2) is 61.2 Å². The Morgan fingerprint density at radius 3 is 0.625 bits per heavy atom. The Hall–Kier alpha value is -0.200. The van der Waals surface area contributed by atoms with Gasteiger partial charge in [-0.15, -0.1) is 0 Å². The molecule has 4 nitrogen and oxygen atoms in total. The molecule has 6 heteroatoms. The first-order valence-corrected chi connectivity index (χ1v) is 14.3. The number of carbonyl (C=O) groups excluding carboxylic acids is 2. The molecule has 0 radical (unpaired) electrons. The Labute approximate surface area is 151 Å². The van der Waals surface area contributed by atoms with Crippen molar-refractivity contribution in [1.82, 2.24) is 0 Å². The number of hydrogen-bond acceptors (Lipinski definition) is 4. The van der Waals surface area contributed by atoms with Crippen molar-refractivity contribution in [2.45, 2.75) is 55.4 Å². The maximum absolute atomic E-state index is 8.93. The number of carboxylic acid groups (broad SMARTS) is 2. The zero-order valence-electron chi connectivity index (χ0n) is 17.2. The van der Waals surface area contributed by atoms with E-state index in [0.29, 0.717) is 0 Å². The fourth-order valence-electron chi connectivity index (χ4n) is 2.68. The second kappa shape index (κ2) is 16.3. The molecule has 0 unspecified atom stereocenters. The molecule has 0 aliphatic heterocycles. The van der Waals surface area contributed by atoms with Crippen molar-refractivity contribution in [3.8, 4) is 0 Å². The van der Waals surface area contributed by atoms with Crippen LogP contribution in [0, 0.1) is 0 Å². The van der Waals surface area contributed by atoms with Crippen molar-refractivity contribution in [3.63, 3.8) is 0 Å². The maximum Gasteiger partial charge on any atom is 0.0870 e. The molecular formula is C18H40O4P2. The summed E-state index contributed by atoms with van der Waals surface area (Å²) in [7, 11) is -0.840. The maximum atomic E-state index is 8.93. The van der Waals surface area contributed by atoms with Crippen LogP contribution in [0.1, 0.15) is 55.4 Å². The molecule has 146 valence electrons. The van der Waals surface area contributed by atoms with E-state index in [0.717, 1.165) is 0 Å². The van der Waals surface area contributed by atoms with Crippen LogP contribution in [-0.2, 0) is 9.59 Å². The number of carboxylic acids is 2. The van der Waals surface area contributed by atoms with Gasteiger partial charge in [0.2, 0.25) is 0 Å². The van der Waals surface area contributed by atoms with Crippen molar-refractivity contribution < 1.29 is 19.8 Å². The summed E-state index contributed by atoms with van der Waals surface area (Å²) >= 11 is 0. The Kier molecular flexibility index (Phi) is 19.4. The third-order valence-electron chi connectivity index (χ3n) is 5.53. The van der Waals surface area contributed by atoms with Crippen molar-refractivity contribution in [1.29, 1.82) is 0 Å².